The monoisotopic (exact) mass is 263 g/mol. The molecule has 2 amide bonds. The number of carbonyl (C=O) groups excluding carboxylic acids is 1. The number of amides is 2. The Bertz CT molecular complexity index is 436. The molecule has 1 heterocycles. The van der Waals surface area contributed by atoms with E-state index in [0.717, 1.165) is 37.5 Å². The third kappa shape index (κ3) is 4.13. The number of rotatable bonds is 4. The van der Waals surface area contributed by atoms with Crippen molar-refractivity contribution in [2.75, 3.05) is 39.1 Å². The average molecular weight is 263 g/mol. The zero-order valence-corrected chi connectivity index (χ0v) is 11.5. The molecule has 1 aliphatic rings. The third-order valence-corrected chi connectivity index (χ3v) is 3.37. The number of anilines is 1. The Balaban J connectivity index is 1.77. The van der Waals surface area contributed by atoms with Gasteiger partial charge in [0.15, 0.2) is 0 Å². The summed E-state index contributed by atoms with van der Waals surface area (Å²) in [5.41, 5.74) is 0.736. The number of likely N-dealkylation sites (tertiary alicyclic amines) is 1. The highest BCUT2D eigenvalue weighted by molar-refractivity contribution is 5.89. The number of methoxy groups -OCH3 is 1. The Labute approximate surface area is 113 Å². The van der Waals surface area contributed by atoms with Crippen molar-refractivity contribution in [3.63, 3.8) is 0 Å². The number of nitrogens with zero attached hydrogens (tertiary/aromatic N) is 1. The maximum atomic E-state index is 11.8. The van der Waals surface area contributed by atoms with Crippen molar-refractivity contribution < 1.29 is 9.53 Å². The normalized spacial score (nSPS) is 19.2. The van der Waals surface area contributed by atoms with Gasteiger partial charge in [-0.3, -0.25) is 0 Å². The molecule has 1 fully saturated rings. The van der Waals surface area contributed by atoms with E-state index in [1.54, 1.807) is 13.2 Å². The fraction of sp³-hybridized carbons (Fsp3) is 0.500. The molecule has 1 atom stereocenters. The van der Waals surface area contributed by atoms with E-state index >= 15 is 0 Å². The van der Waals surface area contributed by atoms with Crippen LogP contribution in [0.5, 0.6) is 5.75 Å². The smallest absolute Gasteiger partial charge is 0.319 e. The van der Waals surface area contributed by atoms with Gasteiger partial charge in [0.25, 0.3) is 0 Å². The number of carbonyl (C=O) groups is 1. The first-order valence-electron chi connectivity index (χ1n) is 6.55. The minimum Gasteiger partial charge on any atom is -0.497 e. The predicted octanol–water partition coefficient (Wildman–Crippen LogP) is 1.77. The van der Waals surface area contributed by atoms with Gasteiger partial charge < -0.3 is 20.3 Å². The summed E-state index contributed by atoms with van der Waals surface area (Å²) >= 11 is 0. The summed E-state index contributed by atoms with van der Waals surface area (Å²) in [6, 6.07) is 7.16. The van der Waals surface area contributed by atoms with Gasteiger partial charge in [-0.05, 0) is 38.1 Å². The first kappa shape index (κ1) is 13.7. The maximum absolute atomic E-state index is 11.8. The van der Waals surface area contributed by atoms with Crippen LogP contribution >= 0.6 is 0 Å². The molecule has 1 aromatic carbocycles. The Morgan fingerprint density at radius 3 is 3.05 bits per heavy atom. The second-order valence-corrected chi connectivity index (χ2v) is 4.98. The molecule has 0 unspecified atom stereocenters. The van der Waals surface area contributed by atoms with E-state index in [4.69, 9.17) is 4.74 Å². The maximum Gasteiger partial charge on any atom is 0.319 e. The molecule has 2 N–H and O–H groups in total. The van der Waals surface area contributed by atoms with E-state index in [9.17, 15) is 4.79 Å². The lowest BCUT2D eigenvalue weighted by molar-refractivity contribution is 0.250. The second-order valence-electron chi connectivity index (χ2n) is 4.98. The van der Waals surface area contributed by atoms with Crippen LogP contribution in [0.25, 0.3) is 0 Å². The number of benzene rings is 1. The van der Waals surface area contributed by atoms with Crippen LogP contribution in [-0.2, 0) is 0 Å². The summed E-state index contributed by atoms with van der Waals surface area (Å²) in [6.45, 7) is 2.89. The standard InChI is InChI=1S/C14H21N3O2/c1-17-7-6-11(10-17)9-15-14(18)16-12-4-3-5-13(8-12)19-2/h3-5,8,11H,6-7,9-10H2,1-2H3,(H2,15,16,18)/t11-/m1/s1. The molecule has 5 heteroatoms. The summed E-state index contributed by atoms with van der Waals surface area (Å²) in [7, 11) is 3.71. The first-order chi connectivity index (χ1) is 9.17. The molecular formula is C14H21N3O2. The summed E-state index contributed by atoms with van der Waals surface area (Å²) in [6.07, 6.45) is 1.15. The minimum absolute atomic E-state index is 0.164. The van der Waals surface area contributed by atoms with Crippen LogP contribution in [0.2, 0.25) is 0 Å². The molecule has 0 aromatic heterocycles. The first-order valence-corrected chi connectivity index (χ1v) is 6.55. The van der Waals surface area contributed by atoms with E-state index < -0.39 is 0 Å². The Hall–Kier alpha value is -1.75. The van der Waals surface area contributed by atoms with Crippen molar-refractivity contribution in [1.82, 2.24) is 10.2 Å². The van der Waals surface area contributed by atoms with E-state index in [-0.39, 0.29) is 6.03 Å². The third-order valence-electron chi connectivity index (χ3n) is 3.37. The number of nitrogens with one attached hydrogen (secondary N) is 2. The number of hydrogen-bond acceptors (Lipinski definition) is 3. The molecule has 5 nitrogen and oxygen atoms in total. The van der Waals surface area contributed by atoms with Gasteiger partial charge in [-0.15, -0.1) is 0 Å². The highest BCUT2D eigenvalue weighted by Crippen LogP contribution is 2.16. The molecule has 2 rings (SSSR count). The van der Waals surface area contributed by atoms with Crippen molar-refractivity contribution in [3.05, 3.63) is 24.3 Å². The number of ether oxygens (including phenoxy) is 1. The van der Waals surface area contributed by atoms with Gasteiger partial charge >= 0.3 is 6.03 Å². The van der Waals surface area contributed by atoms with Crippen LogP contribution in [0, 0.1) is 5.92 Å². The van der Waals surface area contributed by atoms with Crippen LogP contribution in [0.15, 0.2) is 24.3 Å². The lowest BCUT2D eigenvalue weighted by Gasteiger charge is -2.12. The zero-order chi connectivity index (χ0) is 13.7. The summed E-state index contributed by atoms with van der Waals surface area (Å²) in [5.74, 6) is 1.29. The van der Waals surface area contributed by atoms with Gasteiger partial charge in [0.1, 0.15) is 5.75 Å². The quantitative estimate of drug-likeness (QED) is 0.870. The summed E-state index contributed by atoms with van der Waals surface area (Å²) in [4.78, 5) is 14.1. The van der Waals surface area contributed by atoms with E-state index in [1.165, 1.54) is 0 Å². The molecule has 0 aliphatic carbocycles. The van der Waals surface area contributed by atoms with E-state index in [2.05, 4.69) is 22.6 Å². The molecular weight excluding hydrogens is 242 g/mol. The SMILES string of the molecule is COc1cccc(NC(=O)NC[C@H]2CCN(C)C2)c1. The lowest BCUT2D eigenvalue weighted by atomic mass is 10.1. The van der Waals surface area contributed by atoms with Gasteiger partial charge in [0, 0.05) is 24.8 Å². The van der Waals surface area contributed by atoms with Crippen molar-refractivity contribution in [2.45, 2.75) is 6.42 Å². The molecule has 1 aliphatic heterocycles. The van der Waals surface area contributed by atoms with Crippen molar-refractivity contribution in [3.8, 4) is 5.75 Å². The van der Waals surface area contributed by atoms with E-state index in [0.29, 0.717) is 5.92 Å². The van der Waals surface area contributed by atoms with Crippen LogP contribution in [-0.4, -0.2) is 44.7 Å². The lowest BCUT2D eigenvalue weighted by Crippen LogP contribution is -2.33. The molecule has 0 spiro atoms. The molecule has 0 radical (unpaired) electrons. The largest absolute Gasteiger partial charge is 0.497 e. The number of hydrogen-bond donors (Lipinski definition) is 2. The number of urea groups is 1. The highest BCUT2D eigenvalue weighted by Gasteiger charge is 2.19. The average Bonchev–Trinajstić information content (AvgIpc) is 2.82. The van der Waals surface area contributed by atoms with Crippen molar-refractivity contribution >= 4 is 11.7 Å². The Morgan fingerprint density at radius 2 is 2.37 bits per heavy atom. The van der Waals surface area contributed by atoms with Gasteiger partial charge in [-0.25, -0.2) is 4.79 Å². The van der Waals surface area contributed by atoms with Gasteiger partial charge in [-0.1, -0.05) is 6.07 Å². The van der Waals surface area contributed by atoms with Crippen molar-refractivity contribution in [1.29, 1.82) is 0 Å². The van der Waals surface area contributed by atoms with Crippen molar-refractivity contribution in [2.24, 2.45) is 5.92 Å². The molecule has 19 heavy (non-hydrogen) atoms. The Kier molecular flexibility index (Phi) is 4.63. The van der Waals surface area contributed by atoms with Gasteiger partial charge in [0.05, 0.1) is 7.11 Å². The van der Waals surface area contributed by atoms with Crippen LogP contribution in [0.1, 0.15) is 6.42 Å². The molecule has 104 valence electrons. The van der Waals surface area contributed by atoms with E-state index in [1.807, 2.05) is 18.2 Å². The molecule has 0 saturated carbocycles. The minimum atomic E-state index is -0.164. The van der Waals surface area contributed by atoms with Crippen LogP contribution in [0.3, 0.4) is 0 Å². The molecule has 1 saturated heterocycles. The summed E-state index contributed by atoms with van der Waals surface area (Å²) < 4.78 is 5.11. The molecule has 0 bridgehead atoms. The summed E-state index contributed by atoms with van der Waals surface area (Å²) in [5, 5.41) is 5.72. The van der Waals surface area contributed by atoms with Gasteiger partial charge in [0.2, 0.25) is 0 Å². The topological polar surface area (TPSA) is 53.6 Å². The fourth-order valence-corrected chi connectivity index (χ4v) is 2.31. The fourth-order valence-electron chi connectivity index (χ4n) is 2.31. The predicted molar refractivity (Wildman–Crippen MR) is 75.6 cm³/mol. The van der Waals surface area contributed by atoms with Crippen LogP contribution in [0.4, 0.5) is 10.5 Å². The van der Waals surface area contributed by atoms with Gasteiger partial charge in [-0.2, -0.15) is 0 Å². The van der Waals surface area contributed by atoms with Crippen LogP contribution < -0.4 is 15.4 Å². The highest BCUT2D eigenvalue weighted by atomic mass is 16.5. The zero-order valence-electron chi connectivity index (χ0n) is 11.5. The molecule has 1 aromatic rings. The second kappa shape index (κ2) is 6.43. The Morgan fingerprint density at radius 1 is 1.53 bits per heavy atom.